The highest BCUT2D eigenvalue weighted by atomic mass is 32.1. The van der Waals surface area contributed by atoms with Crippen molar-refractivity contribution in [3.8, 4) is 0 Å². The van der Waals surface area contributed by atoms with Gasteiger partial charge in [0, 0.05) is 11.6 Å². The van der Waals surface area contributed by atoms with Crippen LogP contribution in [0, 0.1) is 5.82 Å². The summed E-state index contributed by atoms with van der Waals surface area (Å²) in [5.74, 6) is -0.800. The molecule has 0 unspecified atom stereocenters. The summed E-state index contributed by atoms with van der Waals surface area (Å²) in [7, 11) is 0. The van der Waals surface area contributed by atoms with Crippen molar-refractivity contribution in [1.82, 2.24) is 14.5 Å². The van der Waals surface area contributed by atoms with Gasteiger partial charge in [-0.1, -0.05) is 25.1 Å². The second-order valence-corrected chi connectivity index (χ2v) is 7.28. The third-order valence-corrected chi connectivity index (χ3v) is 5.34. The molecule has 0 bridgehead atoms. The van der Waals surface area contributed by atoms with Crippen molar-refractivity contribution in [1.29, 1.82) is 0 Å². The Bertz CT molecular complexity index is 1100. The lowest BCUT2D eigenvalue weighted by atomic mass is 10.2. The zero-order valence-corrected chi connectivity index (χ0v) is 15.9. The molecular weight excluding hydrogens is 369 g/mol. The van der Waals surface area contributed by atoms with Crippen molar-refractivity contribution < 1.29 is 9.18 Å². The minimum absolute atomic E-state index is 0.0181. The van der Waals surface area contributed by atoms with E-state index >= 15 is 0 Å². The molecule has 0 spiro atoms. The van der Waals surface area contributed by atoms with Crippen LogP contribution < -0.4 is 16.6 Å². The monoisotopic (exact) mass is 389 g/mol. The molecule has 1 atom stereocenters. The first-order chi connectivity index (χ1) is 12.9. The molecule has 2 heterocycles. The molecule has 0 saturated heterocycles. The smallest absolute Gasteiger partial charge is 0.332 e. The molecule has 6 nitrogen and oxygen atoms in total. The molecule has 142 valence electrons. The predicted molar refractivity (Wildman–Crippen MR) is 104 cm³/mol. The first kappa shape index (κ1) is 19.0. The van der Waals surface area contributed by atoms with E-state index in [0.717, 1.165) is 11.0 Å². The van der Waals surface area contributed by atoms with Crippen LogP contribution in [0.5, 0.6) is 0 Å². The lowest BCUT2D eigenvalue weighted by Crippen LogP contribution is -2.43. The van der Waals surface area contributed by atoms with E-state index < -0.39 is 17.1 Å². The summed E-state index contributed by atoms with van der Waals surface area (Å²) in [4.78, 5) is 38.0. The lowest BCUT2D eigenvalue weighted by Gasteiger charge is -2.15. The Balaban J connectivity index is 2.08. The molecule has 0 aliphatic carbocycles. The summed E-state index contributed by atoms with van der Waals surface area (Å²) >= 11 is 1.19. The van der Waals surface area contributed by atoms with Crippen LogP contribution in [0.2, 0.25) is 0 Å². The van der Waals surface area contributed by atoms with Crippen LogP contribution in [-0.2, 0) is 17.9 Å². The number of fused-ring (bicyclic) bond motifs is 1. The fourth-order valence-electron chi connectivity index (χ4n) is 2.79. The van der Waals surface area contributed by atoms with Gasteiger partial charge in [-0.25, -0.2) is 9.18 Å². The van der Waals surface area contributed by atoms with E-state index in [0.29, 0.717) is 10.2 Å². The van der Waals surface area contributed by atoms with Crippen LogP contribution in [0.1, 0.15) is 25.8 Å². The quantitative estimate of drug-likeness (QED) is 0.703. The third-order valence-electron chi connectivity index (χ3n) is 4.44. The number of thiophene rings is 1. The van der Waals surface area contributed by atoms with Crippen LogP contribution in [0.25, 0.3) is 10.2 Å². The third kappa shape index (κ3) is 3.85. The van der Waals surface area contributed by atoms with Crippen LogP contribution in [0.4, 0.5) is 4.39 Å². The number of nitrogens with one attached hydrogen (secondary N) is 1. The molecule has 0 aliphatic rings. The normalized spacial score (nSPS) is 12.3. The summed E-state index contributed by atoms with van der Waals surface area (Å²) in [6.07, 6.45) is 0.765. The SMILES string of the molecule is CC[C@@H](C)NC(=O)Cn1c(=O)n(Cc2ccccc2F)c(=O)c2sccc21. The van der Waals surface area contributed by atoms with Gasteiger partial charge in [0.2, 0.25) is 5.91 Å². The largest absolute Gasteiger partial charge is 0.352 e. The fraction of sp³-hybridized carbons (Fsp3) is 0.316. The zero-order valence-electron chi connectivity index (χ0n) is 15.1. The van der Waals surface area contributed by atoms with Gasteiger partial charge >= 0.3 is 5.69 Å². The molecule has 27 heavy (non-hydrogen) atoms. The molecule has 3 aromatic rings. The molecule has 8 heteroatoms. The van der Waals surface area contributed by atoms with Crippen LogP contribution in [0.15, 0.2) is 45.3 Å². The van der Waals surface area contributed by atoms with E-state index in [1.165, 1.54) is 28.0 Å². The van der Waals surface area contributed by atoms with Crippen molar-refractivity contribution in [2.45, 2.75) is 39.4 Å². The lowest BCUT2D eigenvalue weighted by molar-refractivity contribution is -0.122. The number of rotatable bonds is 6. The van der Waals surface area contributed by atoms with Gasteiger partial charge in [-0.2, -0.15) is 0 Å². The van der Waals surface area contributed by atoms with Gasteiger partial charge in [-0.15, -0.1) is 11.3 Å². The van der Waals surface area contributed by atoms with E-state index in [4.69, 9.17) is 0 Å². The Labute approximate surface area is 158 Å². The van der Waals surface area contributed by atoms with Gasteiger partial charge in [0.1, 0.15) is 17.1 Å². The number of aromatic nitrogens is 2. The minimum Gasteiger partial charge on any atom is -0.352 e. The van der Waals surface area contributed by atoms with E-state index in [1.54, 1.807) is 23.6 Å². The standard InChI is InChI=1S/C19H20FN3O3S/c1-3-12(2)21-16(24)11-22-15-8-9-27-17(15)18(25)23(19(22)26)10-13-6-4-5-7-14(13)20/h4-9,12H,3,10-11H2,1-2H3,(H,21,24)/t12-/m1/s1. The Hall–Kier alpha value is -2.74. The molecule has 2 aromatic heterocycles. The zero-order chi connectivity index (χ0) is 19.6. The number of benzene rings is 1. The molecule has 3 rings (SSSR count). The predicted octanol–water partition coefficient (Wildman–Crippen LogP) is 2.33. The van der Waals surface area contributed by atoms with Crippen molar-refractivity contribution >= 4 is 27.5 Å². The molecule has 1 amide bonds. The van der Waals surface area contributed by atoms with Gasteiger partial charge in [-0.3, -0.25) is 18.7 Å². The average molecular weight is 389 g/mol. The van der Waals surface area contributed by atoms with Gasteiger partial charge in [-0.05, 0) is 30.9 Å². The Morgan fingerprint density at radius 1 is 1.22 bits per heavy atom. The van der Waals surface area contributed by atoms with Crippen molar-refractivity contribution in [3.05, 3.63) is 67.9 Å². The number of hydrogen-bond donors (Lipinski definition) is 1. The second kappa shape index (κ2) is 7.87. The van der Waals surface area contributed by atoms with Crippen molar-refractivity contribution in [3.63, 3.8) is 0 Å². The first-order valence-corrected chi connectivity index (χ1v) is 9.54. The van der Waals surface area contributed by atoms with Gasteiger partial charge in [0.25, 0.3) is 5.56 Å². The number of carbonyl (C=O) groups is 1. The fourth-order valence-corrected chi connectivity index (χ4v) is 3.63. The summed E-state index contributed by atoms with van der Waals surface area (Å²) < 4.78 is 16.6. The summed E-state index contributed by atoms with van der Waals surface area (Å²) in [5, 5.41) is 4.51. The topological polar surface area (TPSA) is 73.1 Å². The molecule has 0 saturated carbocycles. The van der Waals surface area contributed by atoms with Crippen molar-refractivity contribution in [2.75, 3.05) is 0 Å². The van der Waals surface area contributed by atoms with Gasteiger partial charge < -0.3 is 5.32 Å². The van der Waals surface area contributed by atoms with Crippen LogP contribution in [0.3, 0.4) is 0 Å². The highest BCUT2D eigenvalue weighted by Gasteiger charge is 2.18. The highest BCUT2D eigenvalue weighted by Crippen LogP contribution is 2.16. The van der Waals surface area contributed by atoms with E-state index in [9.17, 15) is 18.8 Å². The number of nitrogens with zero attached hydrogens (tertiary/aromatic N) is 2. The van der Waals surface area contributed by atoms with E-state index in [-0.39, 0.29) is 30.6 Å². The summed E-state index contributed by atoms with van der Waals surface area (Å²) in [6.45, 7) is 3.43. The van der Waals surface area contributed by atoms with Gasteiger partial charge in [0.15, 0.2) is 0 Å². The Morgan fingerprint density at radius 3 is 2.67 bits per heavy atom. The molecule has 0 radical (unpaired) electrons. The van der Waals surface area contributed by atoms with E-state index in [1.807, 2.05) is 13.8 Å². The Morgan fingerprint density at radius 2 is 1.96 bits per heavy atom. The maximum Gasteiger partial charge on any atom is 0.332 e. The maximum atomic E-state index is 14.0. The summed E-state index contributed by atoms with van der Waals surface area (Å²) in [5.41, 5.74) is -0.456. The number of hydrogen-bond acceptors (Lipinski definition) is 4. The van der Waals surface area contributed by atoms with Crippen LogP contribution >= 0.6 is 11.3 Å². The molecule has 0 fully saturated rings. The highest BCUT2D eigenvalue weighted by molar-refractivity contribution is 7.17. The number of amides is 1. The van der Waals surface area contributed by atoms with Crippen LogP contribution in [-0.4, -0.2) is 21.1 Å². The number of halogens is 1. The van der Waals surface area contributed by atoms with Crippen molar-refractivity contribution in [2.24, 2.45) is 0 Å². The maximum absolute atomic E-state index is 14.0. The molecular formula is C19H20FN3O3S. The summed E-state index contributed by atoms with van der Waals surface area (Å²) in [6, 6.07) is 7.62. The second-order valence-electron chi connectivity index (χ2n) is 6.36. The first-order valence-electron chi connectivity index (χ1n) is 8.66. The van der Waals surface area contributed by atoms with Gasteiger partial charge in [0.05, 0.1) is 12.1 Å². The molecule has 1 aromatic carbocycles. The molecule has 0 aliphatic heterocycles. The number of carbonyl (C=O) groups excluding carboxylic acids is 1. The Kier molecular flexibility index (Phi) is 5.55. The minimum atomic E-state index is -0.631. The molecule has 1 N–H and O–H groups in total. The van der Waals surface area contributed by atoms with E-state index in [2.05, 4.69) is 5.32 Å². The average Bonchev–Trinajstić information content (AvgIpc) is 3.13.